The van der Waals surface area contributed by atoms with E-state index in [1.807, 2.05) is 48.5 Å². The van der Waals surface area contributed by atoms with Crippen molar-refractivity contribution < 1.29 is 28.3 Å². The third-order valence-electron chi connectivity index (χ3n) is 16.4. The first-order chi connectivity index (χ1) is 34.6. The van der Waals surface area contributed by atoms with Crippen molar-refractivity contribution in [2.75, 3.05) is 88.9 Å². The number of piperidine rings is 2. The van der Waals surface area contributed by atoms with Crippen molar-refractivity contribution in [2.45, 2.75) is 75.2 Å². The summed E-state index contributed by atoms with van der Waals surface area (Å²) in [4.78, 5) is 79.2. The first kappa shape index (κ1) is 48.0. The van der Waals surface area contributed by atoms with Crippen LogP contribution in [0.15, 0.2) is 60.8 Å². The minimum Gasteiger partial charge on any atom is -0.462 e. The molecule has 6 fully saturated rings. The fourth-order valence-electron chi connectivity index (χ4n) is 12.6. The van der Waals surface area contributed by atoms with Gasteiger partial charge < -0.3 is 24.8 Å². The van der Waals surface area contributed by atoms with Gasteiger partial charge in [0, 0.05) is 119 Å². The van der Waals surface area contributed by atoms with Gasteiger partial charge in [0.05, 0.1) is 22.2 Å². The highest BCUT2D eigenvalue weighted by Gasteiger charge is 2.46. The van der Waals surface area contributed by atoms with Crippen LogP contribution in [-0.2, 0) is 9.59 Å². The molecule has 5 aromatic rings. The lowest BCUT2D eigenvalue weighted by molar-refractivity contribution is -0.136. The van der Waals surface area contributed by atoms with Crippen LogP contribution >= 0.6 is 12.4 Å². The number of halogens is 2. The molecule has 7 aliphatic rings. The number of ether oxygens (including phenoxy) is 1. The summed E-state index contributed by atoms with van der Waals surface area (Å²) in [7, 11) is 2.15. The lowest BCUT2D eigenvalue weighted by Gasteiger charge is -2.41. The Hall–Kier alpha value is -6.29. The molecule has 6 saturated heterocycles. The predicted molar refractivity (Wildman–Crippen MR) is 274 cm³/mol. The van der Waals surface area contributed by atoms with E-state index in [0.717, 1.165) is 119 Å². The molecule has 3 unspecified atom stereocenters. The Morgan fingerprint density at radius 3 is 2.32 bits per heavy atom. The van der Waals surface area contributed by atoms with Crippen molar-refractivity contribution in [3.8, 4) is 29.6 Å². The van der Waals surface area contributed by atoms with Crippen LogP contribution in [0, 0.1) is 24.1 Å². The van der Waals surface area contributed by atoms with Crippen LogP contribution in [0.25, 0.3) is 32.9 Å². The fourth-order valence-corrected chi connectivity index (χ4v) is 12.6. The number of likely N-dealkylation sites (tertiary alicyclic amines) is 1. The van der Waals surface area contributed by atoms with Crippen molar-refractivity contribution in [3.63, 3.8) is 0 Å². The van der Waals surface area contributed by atoms with Crippen LogP contribution < -0.4 is 25.2 Å². The van der Waals surface area contributed by atoms with E-state index in [4.69, 9.17) is 26.1 Å². The molecule has 0 radical (unpaired) electrons. The number of carbonyl (C=O) groups is 4. The number of rotatable bonds is 10. The van der Waals surface area contributed by atoms with Gasteiger partial charge in [0.2, 0.25) is 11.8 Å². The number of likely N-dealkylation sites (N-methyl/N-ethyl adjacent to an activating group) is 1. The number of nitrogens with zero attached hydrogens (tertiary/aromatic N) is 9. The summed E-state index contributed by atoms with van der Waals surface area (Å²) in [6, 6.07) is 17.2. The average Bonchev–Trinajstić information content (AvgIpc) is 4.02. The molecule has 2 bridgehead atoms. The zero-order chi connectivity index (χ0) is 48.5. The molecule has 9 heterocycles. The van der Waals surface area contributed by atoms with E-state index in [1.54, 1.807) is 12.3 Å². The van der Waals surface area contributed by atoms with Crippen LogP contribution in [0.5, 0.6) is 6.01 Å². The van der Waals surface area contributed by atoms with Gasteiger partial charge in [-0.05, 0) is 75.1 Å². The lowest BCUT2D eigenvalue weighted by Crippen LogP contribution is -2.54. The molecular weight excluding hydrogens is 937 g/mol. The molecule has 7 aliphatic heterocycles. The van der Waals surface area contributed by atoms with E-state index < -0.39 is 29.6 Å². The summed E-state index contributed by atoms with van der Waals surface area (Å²) in [5.74, 6) is 1.49. The summed E-state index contributed by atoms with van der Waals surface area (Å²) in [6.07, 6.45) is 12.9. The van der Waals surface area contributed by atoms with Gasteiger partial charge in [-0.2, -0.15) is 9.97 Å². The Labute approximate surface area is 424 Å². The van der Waals surface area contributed by atoms with Crippen molar-refractivity contribution >= 4 is 69.2 Å². The third-order valence-corrected chi connectivity index (χ3v) is 16.4. The molecular formula is C54H59ClFN11O5. The first-order valence-corrected chi connectivity index (χ1v) is 25.3. The second kappa shape index (κ2) is 19.6. The van der Waals surface area contributed by atoms with Gasteiger partial charge >= 0.3 is 6.01 Å². The van der Waals surface area contributed by atoms with Gasteiger partial charge in [-0.25, -0.2) is 4.39 Å². The molecule has 0 saturated carbocycles. The smallest absolute Gasteiger partial charge is 0.319 e. The lowest BCUT2D eigenvalue weighted by atomic mass is 9.94. The highest BCUT2D eigenvalue weighted by molar-refractivity contribution is 6.25. The largest absolute Gasteiger partial charge is 0.462 e. The van der Waals surface area contributed by atoms with Crippen molar-refractivity contribution in [1.29, 1.82) is 0 Å². The van der Waals surface area contributed by atoms with Gasteiger partial charge in [-0.3, -0.25) is 44.2 Å². The number of pyridine rings is 1. The number of piperazine rings is 2. The number of amides is 4. The zero-order valence-corrected chi connectivity index (χ0v) is 41.2. The SMILES string of the molecule is C#Cc1cccc2cccc(-c3ncc4c(N5CC6CCC(C5)N6)nc(OC[C@@H]5C[C@H](N6CCN(CC7CCN(c8cccc9c8C(=O)N(C8CCC(=O)NC8=O)C9=O)CC7)CC6)CN5C)nc4c3F)c12.Cl. The quantitative estimate of drug-likeness (QED) is 0.146. The van der Waals surface area contributed by atoms with Gasteiger partial charge in [-0.15, -0.1) is 18.8 Å². The van der Waals surface area contributed by atoms with Crippen LogP contribution in [0.1, 0.15) is 71.2 Å². The maximum Gasteiger partial charge on any atom is 0.319 e. The maximum atomic E-state index is 17.1. The van der Waals surface area contributed by atoms with Crippen molar-refractivity contribution in [3.05, 3.63) is 83.3 Å². The van der Waals surface area contributed by atoms with E-state index in [1.165, 1.54) is 0 Å². The Bertz CT molecular complexity index is 3010. The number of benzene rings is 3. The van der Waals surface area contributed by atoms with E-state index in [-0.39, 0.29) is 54.4 Å². The molecule has 2 aromatic heterocycles. The highest BCUT2D eigenvalue weighted by Crippen LogP contribution is 2.39. The number of hydrogen-bond donors (Lipinski definition) is 2. The number of imide groups is 2. The van der Waals surface area contributed by atoms with E-state index >= 15 is 4.39 Å². The Kier molecular flexibility index (Phi) is 13.1. The molecule has 3 aromatic carbocycles. The second-order valence-corrected chi connectivity index (χ2v) is 20.6. The van der Waals surface area contributed by atoms with E-state index in [9.17, 15) is 19.2 Å². The molecule has 4 amide bonds. The standard InChI is InChI=1S/C54H58FN11O5.ClH/c1-3-33-7-4-8-34-9-5-10-39(45(33)34)48-47(55)49-41(26-56-48)50(65-28-35-13-14-36(29-65)57-35)60-54(59-49)71-31-38-25-37(30-61(38)2)63-23-21-62(22-24-63)27-32-17-19-64(20-18-32)42-12-6-11-40-46(42)53(70)66(52(40)69)43-15-16-44(67)58-51(43)68;/h1,4-12,26,32,35-38,43,57H,13-25,27-31H2,2H3,(H,58,67,68);1H/t35?,36?,37-,38-,43?;/m0./s1. The molecule has 72 heavy (non-hydrogen) atoms. The molecule has 0 aliphatic carbocycles. The number of carbonyl (C=O) groups excluding carboxylic acids is 4. The summed E-state index contributed by atoms with van der Waals surface area (Å²) in [5.41, 5.74) is 3.09. The van der Waals surface area contributed by atoms with E-state index in [0.29, 0.717) is 64.1 Å². The normalized spacial score (nSPS) is 25.3. The minimum atomic E-state index is -0.985. The summed E-state index contributed by atoms with van der Waals surface area (Å²) in [5, 5.41) is 8.23. The summed E-state index contributed by atoms with van der Waals surface area (Å²) in [6.45, 7) is 9.35. The van der Waals surface area contributed by atoms with Crippen LogP contribution in [0.2, 0.25) is 0 Å². The molecule has 0 spiro atoms. The molecule has 16 nitrogen and oxygen atoms in total. The number of terminal acetylenes is 1. The third kappa shape index (κ3) is 8.70. The minimum absolute atomic E-state index is 0. The second-order valence-electron chi connectivity index (χ2n) is 20.6. The van der Waals surface area contributed by atoms with Gasteiger partial charge in [-0.1, -0.05) is 42.3 Å². The number of hydrogen-bond acceptors (Lipinski definition) is 14. The van der Waals surface area contributed by atoms with Gasteiger partial charge in [0.25, 0.3) is 11.8 Å². The molecule has 5 atom stereocenters. The molecule has 2 N–H and O–H groups in total. The monoisotopic (exact) mass is 995 g/mol. The topological polar surface area (TPSA) is 160 Å². The van der Waals surface area contributed by atoms with Crippen LogP contribution in [0.4, 0.5) is 15.9 Å². The number of aromatic nitrogens is 3. The molecule has 12 rings (SSSR count). The average molecular weight is 997 g/mol. The predicted octanol–water partition coefficient (Wildman–Crippen LogP) is 4.71. The van der Waals surface area contributed by atoms with Gasteiger partial charge in [0.1, 0.15) is 29.7 Å². The summed E-state index contributed by atoms with van der Waals surface area (Å²) >= 11 is 0. The highest BCUT2D eigenvalue weighted by atomic mass is 35.5. The van der Waals surface area contributed by atoms with Crippen molar-refractivity contribution in [2.24, 2.45) is 5.92 Å². The van der Waals surface area contributed by atoms with Gasteiger partial charge in [0.15, 0.2) is 5.82 Å². The molecule has 18 heteroatoms. The van der Waals surface area contributed by atoms with Crippen LogP contribution in [0.3, 0.4) is 0 Å². The first-order valence-electron chi connectivity index (χ1n) is 25.3. The van der Waals surface area contributed by atoms with Crippen LogP contribution in [-0.4, -0.2) is 167 Å². The number of anilines is 2. The number of nitrogens with one attached hydrogen (secondary N) is 2. The Morgan fingerprint density at radius 1 is 0.833 bits per heavy atom. The Morgan fingerprint density at radius 2 is 1.57 bits per heavy atom. The Balaban J connectivity index is 0.00000560. The zero-order valence-electron chi connectivity index (χ0n) is 40.4. The number of fused-ring (bicyclic) bond motifs is 5. The van der Waals surface area contributed by atoms with E-state index in [2.05, 4.69) is 48.1 Å². The maximum absolute atomic E-state index is 17.1. The fraction of sp³-hybridized carbons (Fsp3) is 0.463. The summed E-state index contributed by atoms with van der Waals surface area (Å²) < 4.78 is 23.6. The van der Waals surface area contributed by atoms with Crippen molar-refractivity contribution in [1.82, 2.24) is 45.2 Å². The molecule has 374 valence electrons.